The van der Waals surface area contributed by atoms with Crippen molar-refractivity contribution in [2.24, 2.45) is 0 Å². The second kappa shape index (κ2) is 14.0. The van der Waals surface area contributed by atoms with Crippen LogP contribution in [-0.4, -0.2) is 30.7 Å². The molecule has 0 fully saturated rings. The van der Waals surface area contributed by atoms with Gasteiger partial charge in [-0.25, -0.2) is 0 Å². The van der Waals surface area contributed by atoms with Crippen molar-refractivity contribution in [3.8, 4) is 0 Å². The van der Waals surface area contributed by atoms with Gasteiger partial charge in [0.25, 0.3) is 0 Å². The zero-order chi connectivity index (χ0) is 13.0. The Kier molecular flexibility index (Phi) is 16.3. The molecule has 0 atom stereocenters. The van der Waals surface area contributed by atoms with Crippen molar-refractivity contribution >= 4 is 0 Å². The summed E-state index contributed by atoms with van der Waals surface area (Å²) in [5, 5.41) is 0. The van der Waals surface area contributed by atoms with Gasteiger partial charge in [0, 0.05) is 0 Å². The molecule has 18 heavy (non-hydrogen) atoms. The molecule has 0 aliphatic rings. The number of hydrogen-bond donors (Lipinski definition) is 0. The first-order valence-electron chi connectivity index (χ1n) is 8.09. The molecule has 0 aromatic rings. The van der Waals surface area contributed by atoms with Crippen molar-refractivity contribution < 1.29 is 24.3 Å². The smallest absolute Gasteiger partial charge is 0.324 e. The van der Waals surface area contributed by atoms with Gasteiger partial charge in [-0.05, 0) is 25.7 Å². The van der Waals surface area contributed by atoms with Crippen LogP contribution in [0.5, 0.6) is 0 Å². The van der Waals surface area contributed by atoms with E-state index in [2.05, 4.69) is 27.7 Å². The molecule has 0 unspecified atom stereocenters. The fraction of sp³-hybridized carbons (Fsp3) is 1.00. The third-order valence-electron chi connectivity index (χ3n) is 3.94. The minimum atomic E-state index is 0. The van der Waals surface area contributed by atoms with E-state index < -0.39 is 0 Å². The summed E-state index contributed by atoms with van der Waals surface area (Å²) >= 11 is 0. The maximum atomic E-state index is 2.33. The number of quaternary nitrogens is 1. The largest absolute Gasteiger partial charge is 4.00 e. The van der Waals surface area contributed by atoms with E-state index in [9.17, 15) is 0 Å². The third kappa shape index (κ3) is 9.52. The van der Waals surface area contributed by atoms with E-state index in [1.165, 1.54) is 82.0 Å². The Morgan fingerprint density at radius 2 is 0.722 bits per heavy atom. The fourth-order valence-electron chi connectivity index (χ4n) is 2.64. The molecule has 108 valence electrons. The van der Waals surface area contributed by atoms with Crippen molar-refractivity contribution in [1.29, 1.82) is 0 Å². The molecule has 0 amide bonds. The van der Waals surface area contributed by atoms with Gasteiger partial charge in [-0.15, -0.1) is 0 Å². The van der Waals surface area contributed by atoms with E-state index in [4.69, 9.17) is 0 Å². The maximum absolute atomic E-state index is 2.33. The summed E-state index contributed by atoms with van der Waals surface area (Å²) in [6, 6.07) is 0. The standard InChI is InChI=1S/C16H36N.Os/c1-5-9-13-17(14-10-6-2,15-11-7-3)16-12-8-4;/h5-16H2,1-4H3;/q+1;+4. The number of hydrogen-bond acceptors (Lipinski definition) is 0. The van der Waals surface area contributed by atoms with E-state index in [0.29, 0.717) is 0 Å². The van der Waals surface area contributed by atoms with Crippen LogP contribution in [0.25, 0.3) is 0 Å². The normalized spacial score (nSPS) is 11.3. The molecule has 0 bridgehead atoms. The molecule has 0 aromatic carbocycles. The van der Waals surface area contributed by atoms with Crippen LogP contribution in [0.15, 0.2) is 0 Å². The second-order valence-electron chi connectivity index (χ2n) is 5.65. The zero-order valence-corrected chi connectivity index (χ0v) is 15.8. The summed E-state index contributed by atoms with van der Waals surface area (Å²) in [4.78, 5) is 0. The first kappa shape index (κ1) is 20.9. The predicted octanol–water partition coefficient (Wildman–Crippen LogP) is 5.00. The molecule has 0 aliphatic heterocycles. The average Bonchev–Trinajstić information content (AvgIpc) is 2.37. The van der Waals surface area contributed by atoms with Gasteiger partial charge in [-0.1, -0.05) is 53.4 Å². The van der Waals surface area contributed by atoms with Gasteiger partial charge in [0.2, 0.25) is 0 Å². The molecule has 0 radical (unpaired) electrons. The van der Waals surface area contributed by atoms with Gasteiger partial charge in [0.15, 0.2) is 0 Å². The fourth-order valence-corrected chi connectivity index (χ4v) is 2.64. The van der Waals surface area contributed by atoms with Crippen molar-refractivity contribution in [1.82, 2.24) is 0 Å². The number of nitrogens with zero attached hydrogens (tertiary/aromatic N) is 1. The minimum Gasteiger partial charge on any atom is -0.324 e. The molecule has 0 N–H and O–H groups in total. The summed E-state index contributed by atoms with van der Waals surface area (Å²) in [5.74, 6) is 0. The van der Waals surface area contributed by atoms with Crippen LogP contribution in [0.2, 0.25) is 0 Å². The first-order valence-corrected chi connectivity index (χ1v) is 8.09. The van der Waals surface area contributed by atoms with Crippen LogP contribution in [0.3, 0.4) is 0 Å². The monoisotopic (exact) mass is 434 g/mol. The second-order valence-corrected chi connectivity index (χ2v) is 5.65. The van der Waals surface area contributed by atoms with Crippen LogP contribution in [0.1, 0.15) is 79.1 Å². The molecule has 0 saturated carbocycles. The van der Waals surface area contributed by atoms with Gasteiger partial charge < -0.3 is 4.48 Å². The summed E-state index contributed by atoms with van der Waals surface area (Å²) in [7, 11) is 0. The van der Waals surface area contributed by atoms with Gasteiger partial charge >= 0.3 is 19.8 Å². The Labute approximate surface area is 129 Å². The van der Waals surface area contributed by atoms with Crippen LogP contribution < -0.4 is 0 Å². The molecular weight excluding hydrogens is 396 g/mol. The molecular formula is C16H36NOs+5. The van der Waals surface area contributed by atoms with Gasteiger partial charge in [-0.3, -0.25) is 0 Å². The van der Waals surface area contributed by atoms with Crippen molar-refractivity contribution in [3.05, 3.63) is 0 Å². The summed E-state index contributed by atoms with van der Waals surface area (Å²) in [6.45, 7) is 15.0. The number of unbranched alkanes of at least 4 members (excludes halogenated alkanes) is 4. The molecule has 0 spiro atoms. The zero-order valence-electron chi connectivity index (χ0n) is 13.3. The molecule has 1 nitrogen and oxygen atoms in total. The van der Waals surface area contributed by atoms with Crippen molar-refractivity contribution in [3.63, 3.8) is 0 Å². The van der Waals surface area contributed by atoms with Gasteiger partial charge in [-0.2, -0.15) is 0 Å². The molecule has 0 heterocycles. The molecule has 0 rings (SSSR count). The first-order chi connectivity index (χ1) is 8.24. The molecule has 2 heteroatoms. The van der Waals surface area contributed by atoms with Crippen LogP contribution in [0.4, 0.5) is 0 Å². The Bertz CT molecular complexity index is 122. The van der Waals surface area contributed by atoms with E-state index in [1.54, 1.807) is 0 Å². The quantitative estimate of drug-likeness (QED) is 0.381. The van der Waals surface area contributed by atoms with Crippen molar-refractivity contribution in [2.75, 3.05) is 26.2 Å². The van der Waals surface area contributed by atoms with Crippen molar-refractivity contribution in [2.45, 2.75) is 79.1 Å². The number of rotatable bonds is 12. The summed E-state index contributed by atoms with van der Waals surface area (Å²) in [5.41, 5.74) is 0. The van der Waals surface area contributed by atoms with Crippen LogP contribution in [0, 0.1) is 0 Å². The van der Waals surface area contributed by atoms with Crippen LogP contribution in [-0.2, 0) is 19.8 Å². The predicted molar refractivity (Wildman–Crippen MR) is 79.4 cm³/mol. The maximum Gasteiger partial charge on any atom is 4.00 e. The molecule has 0 aliphatic carbocycles. The van der Waals surface area contributed by atoms with Crippen LogP contribution >= 0.6 is 0 Å². The Morgan fingerprint density at radius 3 is 0.889 bits per heavy atom. The minimum absolute atomic E-state index is 0. The van der Waals surface area contributed by atoms with Gasteiger partial charge in [0.05, 0.1) is 26.2 Å². The topological polar surface area (TPSA) is 0 Å². The molecule has 0 aromatic heterocycles. The van der Waals surface area contributed by atoms with E-state index in [1.807, 2.05) is 0 Å². The molecule has 0 saturated heterocycles. The summed E-state index contributed by atoms with van der Waals surface area (Å²) < 4.78 is 1.42. The summed E-state index contributed by atoms with van der Waals surface area (Å²) in [6.07, 6.45) is 11.1. The SMILES string of the molecule is CCCC[N+](CCCC)(CCCC)CCCC.[Os+4]. The van der Waals surface area contributed by atoms with E-state index in [0.717, 1.165) is 0 Å². The Balaban J connectivity index is 0. The van der Waals surface area contributed by atoms with E-state index >= 15 is 0 Å². The average molecular weight is 433 g/mol. The Morgan fingerprint density at radius 1 is 0.500 bits per heavy atom. The van der Waals surface area contributed by atoms with E-state index in [-0.39, 0.29) is 19.8 Å². The van der Waals surface area contributed by atoms with Gasteiger partial charge in [0.1, 0.15) is 0 Å². The third-order valence-corrected chi connectivity index (χ3v) is 3.94. The Hall–Kier alpha value is 0.596.